The van der Waals surface area contributed by atoms with Crippen molar-refractivity contribution in [3.63, 3.8) is 0 Å². The number of methoxy groups -OCH3 is 1. The van der Waals surface area contributed by atoms with Crippen LogP contribution in [0.15, 0.2) is 22.7 Å². The van der Waals surface area contributed by atoms with Gasteiger partial charge in [-0.3, -0.25) is 4.79 Å². The molecule has 2 fully saturated rings. The van der Waals surface area contributed by atoms with Crippen LogP contribution in [0.2, 0.25) is 0 Å². The molecule has 0 unspecified atom stereocenters. The van der Waals surface area contributed by atoms with Crippen LogP contribution >= 0.6 is 0 Å². The van der Waals surface area contributed by atoms with Crippen molar-refractivity contribution in [2.45, 2.75) is 39.0 Å². The van der Waals surface area contributed by atoms with Gasteiger partial charge in [0.05, 0.1) is 5.69 Å². The number of ether oxygens (including phenoxy) is 1. The van der Waals surface area contributed by atoms with Crippen molar-refractivity contribution in [3.05, 3.63) is 35.6 Å². The first kappa shape index (κ1) is 23.9. The maximum absolute atomic E-state index is 14.7. The van der Waals surface area contributed by atoms with E-state index in [1.807, 2.05) is 24.8 Å². The van der Waals surface area contributed by atoms with Crippen LogP contribution in [0.4, 0.5) is 4.39 Å². The zero-order valence-corrected chi connectivity index (χ0v) is 20.6. The molecule has 35 heavy (non-hydrogen) atoms. The minimum absolute atomic E-state index is 0.0758. The maximum Gasteiger partial charge on any atom is 0.291 e. The number of amides is 1. The molecule has 2 aromatic heterocycles. The number of nitrogens with zero attached hydrogens (tertiary/aromatic N) is 6. The molecule has 0 aliphatic carbocycles. The Morgan fingerprint density at radius 2 is 2.06 bits per heavy atom. The second kappa shape index (κ2) is 10.0. The fourth-order valence-corrected chi connectivity index (χ4v) is 5.42. The molecular formula is C25H33FN6O3. The fraction of sp³-hybridized carbons (Fsp3) is 0.600. The summed E-state index contributed by atoms with van der Waals surface area (Å²) in [6.07, 6.45) is 2.79. The Morgan fingerprint density at radius 3 is 2.86 bits per heavy atom. The van der Waals surface area contributed by atoms with Crippen LogP contribution in [-0.4, -0.2) is 82.1 Å². The molecule has 2 aliphatic rings. The average Bonchev–Trinajstić information content (AvgIpc) is 3.61. The summed E-state index contributed by atoms with van der Waals surface area (Å²) in [5.74, 6) is 1.61. The van der Waals surface area contributed by atoms with E-state index < -0.39 is 0 Å². The van der Waals surface area contributed by atoms with Gasteiger partial charge in [-0.1, -0.05) is 26.0 Å². The molecule has 0 radical (unpaired) electrons. The van der Waals surface area contributed by atoms with Crippen molar-refractivity contribution in [2.75, 3.05) is 46.4 Å². The van der Waals surface area contributed by atoms with E-state index in [1.165, 1.54) is 10.7 Å². The lowest BCUT2D eigenvalue weighted by molar-refractivity contribution is -0.134. The lowest BCUT2D eigenvalue weighted by Gasteiger charge is -2.21. The van der Waals surface area contributed by atoms with Crippen molar-refractivity contribution in [1.82, 2.24) is 29.7 Å². The minimum Gasteiger partial charge on any atom is -0.375 e. The molecule has 5 rings (SSSR count). The zero-order valence-electron chi connectivity index (χ0n) is 20.6. The van der Waals surface area contributed by atoms with E-state index in [2.05, 4.69) is 20.1 Å². The van der Waals surface area contributed by atoms with Gasteiger partial charge in [0.2, 0.25) is 11.8 Å². The normalized spacial score (nSPS) is 21.1. The van der Waals surface area contributed by atoms with Gasteiger partial charge < -0.3 is 19.1 Å². The molecule has 2 atom stereocenters. The van der Waals surface area contributed by atoms with Crippen molar-refractivity contribution in [2.24, 2.45) is 11.8 Å². The highest BCUT2D eigenvalue weighted by atomic mass is 19.1. The zero-order chi connectivity index (χ0) is 24.5. The Morgan fingerprint density at radius 1 is 1.23 bits per heavy atom. The molecular weight excluding hydrogens is 451 g/mol. The molecule has 1 aromatic carbocycles. The van der Waals surface area contributed by atoms with Crippen molar-refractivity contribution >= 4 is 16.8 Å². The molecule has 0 bridgehead atoms. The van der Waals surface area contributed by atoms with E-state index in [0.29, 0.717) is 29.7 Å². The highest BCUT2D eigenvalue weighted by Crippen LogP contribution is 2.29. The number of hydrogen-bond acceptors (Lipinski definition) is 7. The molecule has 2 aliphatic heterocycles. The largest absolute Gasteiger partial charge is 0.375 e. The summed E-state index contributed by atoms with van der Waals surface area (Å²) in [6.45, 7) is 8.84. The standard InChI is InChI=1S/C25H33FN6O3/c1-16(2)23-19-5-4-6-20(26)24(19)32(28-23)25-27-21(35-29-25)11-17-7-9-30(12-17)13-18-8-10-31(14-18)22(33)15-34-3/h4-6,16-18H,7-15H2,1-3H3/t17-,18-/m0/s1. The fourth-order valence-electron chi connectivity index (χ4n) is 5.42. The SMILES string of the molecule is COCC(=O)N1CC[C@@H](CN2CC[C@@H](Cc3nc(-n4nc(C(C)C)c5cccc(F)c54)no3)C2)C1. The van der Waals surface area contributed by atoms with Crippen molar-refractivity contribution in [1.29, 1.82) is 0 Å². The molecule has 9 nitrogen and oxygen atoms in total. The Labute approximate surface area is 204 Å². The van der Waals surface area contributed by atoms with Crippen LogP contribution < -0.4 is 0 Å². The van der Waals surface area contributed by atoms with Gasteiger partial charge in [0, 0.05) is 45.1 Å². The van der Waals surface area contributed by atoms with Gasteiger partial charge in [-0.15, -0.1) is 0 Å². The third-order valence-corrected chi connectivity index (χ3v) is 7.13. The van der Waals surface area contributed by atoms with Crippen molar-refractivity contribution in [3.8, 4) is 5.95 Å². The summed E-state index contributed by atoms with van der Waals surface area (Å²) in [6, 6.07) is 5.00. The van der Waals surface area contributed by atoms with Gasteiger partial charge in [0.1, 0.15) is 17.9 Å². The van der Waals surface area contributed by atoms with E-state index >= 15 is 0 Å². The number of aromatic nitrogens is 4. The van der Waals surface area contributed by atoms with Crippen LogP contribution in [0.5, 0.6) is 0 Å². The first-order chi connectivity index (χ1) is 16.9. The molecule has 188 valence electrons. The number of hydrogen-bond donors (Lipinski definition) is 0. The first-order valence-electron chi connectivity index (χ1n) is 12.4. The maximum atomic E-state index is 14.7. The molecule has 3 aromatic rings. The van der Waals surface area contributed by atoms with Crippen LogP contribution in [0.1, 0.15) is 44.2 Å². The van der Waals surface area contributed by atoms with Gasteiger partial charge in [0.25, 0.3) is 5.95 Å². The topological polar surface area (TPSA) is 89.5 Å². The predicted octanol–water partition coefficient (Wildman–Crippen LogP) is 3.03. The Bertz CT molecular complexity index is 1190. The summed E-state index contributed by atoms with van der Waals surface area (Å²) >= 11 is 0. The number of para-hydroxylation sites is 1. The van der Waals surface area contributed by atoms with Gasteiger partial charge in [-0.25, -0.2) is 4.39 Å². The summed E-state index contributed by atoms with van der Waals surface area (Å²) in [5, 5.41) is 9.50. The quantitative estimate of drug-likeness (QED) is 0.486. The highest BCUT2D eigenvalue weighted by Gasteiger charge is 2.31. The van der Waals surface area contributed by atoms with Gasteiger partial charge >= 0.3 is 0 Å². The Hall–Kier alpha value is -2.85. The van der Waals surface area contributed by atoms with Crippen LogP contribution in [0.25, 0.3) is 16.9 Å². The van der Waals surface area contributed by atoms with Crippen LogP contribution in [-0.2, 0) is 16.0 Å². The van der Waals surface area contributed by atoms with Gasteiger partial charge in [-0.05, 0) is 48.4 Å². The number of fused-ring (bicyclic) bond motifs is 1. The Kier molecular flexibility index (Phi) is 6.84. The van der Waals surface area contributed by atoms with Gasteiger partial charge in [-0.2, -0.15) is 14.8 Å². The van der Waals surface area contributed by atoms with Gasteiger partial charge in [0.15, 0.2) is 0 Å². The predicted molar refractivity (Wildman–Crippen MR) is 128 cm³/mol. The van der Waals surface area contributed by atoms with Crippen LogP contribution in [0.3, 0.4) is 0 Å². The smallest absolute Gasteiger partial charge is 0.291 e. The summed E-state index contributed by atoms with van der Waals surface area (Å²) < 4.78 is 26.7. The van der Waals surface area contributed by atoms with Crippen LogP contribution in [0, 0.1) is 17.7 Å². The number of likely N-dealkylation sites (tertiary alicyclic amines) is 2. The summed E-state index contributed by atoms with van der Waals surface area (Å²) in [7, 11) is 1.56. The third kappa shape index (κ3) is 4.95. The minimum atomic E-state index is -0.353. The number of rotatable bonds is 8. The third-order valence-electron chi connectivity index (χ3n) is 7.13. The summed E-state index contributed by atoms with van der Waals surface area (Å²) in [5.41, 5.74) is 1.19. The molecule has 0 saturated carbocycles. The Balaban J connectivity index is 1.21. The summed E-state index contributed by atoms with van der Waals surface area (Å²) in [4.78, 5) is 21.0. The van der Waals surface area contributed by atoms with E-state index in [0.717, 1.165) is 56.6 Å². The molecule has 2 saturated heterocycles. The number of benzene rings is 1. The molecule has 0 N–H and O–H groups in total. The average molecular weight is 485 g/mol. The second-order valence-corrected chi connectivity index (χ2v) is 10.1. The molecule has 1 amide bonds. The molecule has 0 spiro atoms. The number of halogens is 1. The second-order valence-electron chi connectivity index (χ2n) is 10.1. The molecule has 10 heteroatoms. The monoisotopic (exact) mass is 484 g/mol. The first-order valence-corrected chi connectivity index (χ1v) is 12.4. The lowest BCUT2D eigenvalue weighted by atomic mass is 10.1. The van der Waals surface area contributed by atoms with E-state index in [4.69, 9.17) is 9.26 Å². The number of carbonyl (C=O) groups is 1. The van der Waals surface area contributed by atoms with E-state index in [-0.39, 0.29) is 30.2 Å². The highest BCUT2D eigenvalue weighted by molar-refractivity contribution is 5.84. The van der Waals surface area contributed by atoms with E-state index in [1.54, 1.807) is 13.2 Å². The lowest BCUT2D eigenvalue weighted by Crippen LogP contribution is -2.34. The molecule has 4 heterocycles. The van der Waals surface area contributed by atoms with Crippen molar-refractivity contribution < 1.29 is 18.4 Å². The number of carbonyl (C=O) groups excluding carboxylic acids is 1. The van der Waals surface area contributed by atoms with E-state index in [9.17, 15) is 9.18 Å².